The molecule has 1 aromatic rings. The Morgan fingerprint density at radius 2 is 2.20 bits per heavy atom. The van der Waals surface area contributed by atoms with Gasteiger partial charge in [0.1, 0.15) is 5.02 Å². The highest BCUT2D eigenvalue weighted by atomic mass is 35.5. The second-order valence-corrected chi connectivity index (χ2v) is 6.75. The number of ether oxygens (including phenoxy) is 1. The third-order valence-corrected chi connectivity index (χ3v) is 4.29. The molecule has 1 rings (SSSR count). The lowest BCUT2D eigenvalue weighted by atomic mass is 10.0. The molecule has 7 nitrogen and oxygen atoms in total. The molecule has 20 heavy (non-hydrogen) atoms. The summed E-state index contributed by atoms with van der Waals surface area (Å²) in [7, 11) is -2.37. The smallest absolute Gasteiger partial charge is 0.266 e. The average molecular weight is 325 g/mol. The molecule has 1 atom stereocenters. The molecule has 1 aromatic heterocycles. The highest BCUT2D eigenvalue weighted by Gasteiger charge is 2.24. The maximum atomic E-state index is 12.0. The number of pyridine rings is 1. The molecule has 0 aliphatic carbocycles. The first kappa shape index (κ1) is 17.1. The topological polar surface area (TPSA) is 108 Å². The highest BCUT2D eigenvalue weighted by molar-refractivity contribution is 7.89. The van der Waals surface area contributed by atoms with Gasteiger partial charge in [-0.05, 0) is 13.0 Å². The van der Waals surface area contributed by atoms with Crippen LogP contribution in [0.5, 0.6) is 0 Å². The van der Waals surface area contributed by atoms with Crippen LogP contribution in [0.15, 0.2) is 22.0 Å². The number of hydrogen-bond acceptors (Lipinski definition) is 5. The van der Waals surface area contributed by atoms with Crippen molar-refractivity contribution in [1.29, 1.82) is 0 Å². The minimum absolute atomic E-state index is 0.176. The van der Waals surface area contributed by atoms with Crippen LogP contribution in [0, 0.1) is 0 Å². The highest BCUT2D eigenvalue weighted by Crippen LogP contribution is 2.13. The molecule has 0 bridgehead atoms. The van der Waals surface area contributed by atoms with Gasteiger partial charge in [0.15, 0.2) is 0 Å². The Balaban J connectivity index is 2.80. The van der Waals surface area contributed by atoms with E-state index in [-0.39, 0.29) is 22.9 Å². The van der Waals surface area contributed by atoms with Crippen LogP contribution in [0.2, 0.25) is 5.02 Å². The predicted molar refractivity (Wildman–Crippen MR) is 74.4 cm³/mol. The molecule has 114 valence electrons. The molecular formula is C11H17ClN2O5S. The zero-order valence-electron chi connectivity index (χ0n) is 11.1. The molecule has 0 aliphatic rings. The van der Waals surface area contributed by atoms with Crippen LogP contribution < -0.4 is 10.3 Å². The van der Waals surface area contributed by atoms with Crippen LogP contribution in [0.4, 0.5) is 0 Å². The number of aromatic amines is 1. The Bertz CT molecular complexity index is 611. The Morgan fingerprint density at radius 3 is 2.75 bits per heavy atom. The van der Waals surface area contributed by atoms with Gasteiger partial charge in [-0.2, -0.15) is 0 Å². The largest absolute Gasteiger partial charge is 0.389 e. The van der Waals surface area contributed by atoms with Gasteiger partial charge in [0.25, 0.3) is 5.56 Å². The van der Waals surface area contributed by atoms with Crippen LogP contribution in [-0.4, -0.2) is 44.4 Å². The summed E-state index contributed by atoms with van der Waals surface area (Å²) >= 11 is 5.58. The van der Waals surface area contributed by atoms with Gasteiger partial charge >= 0.3 is 0 Å². The van der Waals surface area contributed by atoms with Gasteiger partial charge in [-0.3, -0.25) is 4.79 Å². The van der Waals surface area contributed by atoms with E-state index < -0.39 is 21.2 Å². The number of nitrogens with one attached hydrogen (secondary N) is 2. The van der Waals surface area contributed by atoms with Crippen molar-refractivity contribution in [3.8, 4) is 0 Å². The molecule has 0 fully saturated rings. The summed E-state index contributed by atoms with van der Waals surface area (Å²) in [5.41, 5.74) is -1.81. The van der Waals surface area contributed by atoms with Crippen molar-refractivity contribution in [3.63, 3.8) is 0 Å². The van der Waals surface area contributed by atoms with Gasteiger partial charge in [0.2, 0.25) is 10.0 Å². The van der Waals surface area contributed by atoms with E-state index in [1.54, 1.807) is 0 Å². The molecule has 0 saturated heterocycles. The van der Waals surface area contributed by atoms with E-state index in [4.69, 9.17) is 16.3 Å². The van der Waals surface area contributed by atoms with Crippen molar-refractivity contribution in [2.45, 2.75) is 23.8 Å². The molecule has 0 amide bonds. The van der Waals surface area contributed by atoms with E-state index in [1.807, 2.05) is 0 Å². The Labute approximate surface area is 122 Å². The van der Waals surface area contributed by atoms with Crippen molar-refractivity contribution in [3.05, 3.63) is 27.6 Å². The maximum absolute atomic E-state index is 12.0. The van der Waals surface area contributed by atoms with Crippen molar-refractivity contribution in [1.82, 2.24) is 9.71 Å². The lowest BCUT2D eigenvalue weighted by Crippen LogP contribution is -2.41. The fourth-order valence-corrected chi connectivity index (χ4v) is 2.73. The summed E-state index contributed by atoms with van der Waals surface area (Å²) in [6.45, 7) is 1.61. The van der Waals surface area contributed by atoms with Crippen LogP contribution in [0.3, 0.4) is 0 Å². The number of aromatic nitrogens is 1. The first-order valence-electron chi connectivity index (χ1n) is 5.77. The molecule has 0 saturated carbocycles. The Kier molecular flexibility index (Phi) is 5.72. The third kappa shape index (κ3) is 4.88. The molecule has 1 heterocycles. The molecule has 0 radical (unpaired) electrons. The van der Waals surface area contributed by atoms with Gasteiger partial charge in [-0.1, -0.05) is 11.6 Å². The molecule has 1 unspecified atom stereocenters. The number of H-pyrrole nitrogens is 1. The SMILES string of the molecule is COCCC(C)(O)CNS(=O)(=O)c1c[nH]c(=O)c(Cl)c1. The number of rotatable bonds is 7. The summed E-state index contributed by atoms with van der Waals surface area (Å²) in [4.78, 5) is 13.1. The van der Waals surface area contributed by atoms with E-state index >= 15 is 0 Å². The number of sulfonamides is 1. The zero-order valence-corrected chi connectivity index (χ0v) is 12.7. The standard InChI is InChI=1S/C11H17ClN2O5S/c1-11(16,3-4-19-2)7-14-20(17,18)8-5-9(12)10(15)13-6-8/h5-6,14,16H,3-4,7H2,1-2H3,(H,13,15). The van der Waals surface area contributed by atoms with Gasteiger partial charge in [-0.15, -0.1) is 0 Å². The summed E-state index contributed by atoms with van der Waals surface area (Å²) in [6, 6.07) is 1.05. The molecule has 0 aliphatic heterocycles. The third-order valence-electron chi connectivity index (χ3n) is 2.63. The summed E-state index contributed by atoms with van der Waals surface area (Å²) in [6.07, 6.45) is 1.32. The minimum atomic E-state index is -3.86. The van der Waals surface area contributed by atoms with Crippen LogP contribution in [-0.2, 0) is 14.8 Å². The van der Waals surface area contributed by atoms with Gasteiger partial charge in [0.05, 0.1) is 10.5 Å². The average Bonchev–Trinajstić information content (AvgIpc) is 2.37. The second kappa shape index (κ2) is 6.68. The van der Waals surface area contributed by atoms with Gasteiger partial charge < -0.3 is 14.8 Å². The van der Waals surface area contributed by atoms with Gasteiger partial charge in [-0.25, -0.2) is 13.1 Å². The molecule has 9 heteroatoms. The number of aliphatic hydroxyl groups is 1. The van der Waals surface area contributed by atoms with Crippen molar-refractivity contribution >= 4 is 21.6 Å². The number of halogens is 1. The van der Waals surface area contributed by atoms with E-state index in [0.717, 1.165) is 12.3 Å². The first-order chi connectivity index (χ1) is 9.18. The van der Waals surface area contributed by atoms with Crippen LogP contribution >= 0.6 is 11.6 Å². The van der Waals surface area contributed by atoms with E-state index in [1.165, 1.54) is 14.0 Å². The van der Waals surface area contributed by atoms with Crippen molar-refractivity contribution < 1.29 is 18.3 Å². The predicted octanol–water partition coefficient (Wildman–Crippen LogP) is 0.0941. The first-order valence-corrected chi connectivity index (χ1v) is 7.63. The molecule has 3 N–H and O–H groups in total. The summed E-state index contributed by atoms with van der Waals surface area (Å²) in [5.74, 6) is 0. The van der Waals surface area contributed by atoms with Crippen molar-refractivity contribution in [2.24, 2.45) is 0 Å². The van der Waals surface area contributed by atoms with E-state index in [2.05, 4.69) is 9.71 Å². The summed E-state index contributed by atoms with van der Waals surface area (Å²) < 4.78 is 31.0. The zero-order chi connectivity index (χ0) is 15.4. The molecular weight excluding hydrogens is 308 g/mol. The number of methoxy groups -OCH3 is 1. The lowest BCUT2D eigenvalue weighted by molar-refractivity contribution is 0.0292. The summed E-state index contributed by atoms with van der Waals surface area (Å²) in [5, 5.41) is 9.74. The monoisotopic (exact) mass is 324 g/mol. The normalized spacial score (nSPS) is 15.0. The molecule has 0 aromatic carbocycles. The fourth-order valence-electron chi connectivity index (χ4n) is 1.34. The van der Waals surface area contributed by atoms with Crippen LogP contribution in [0.1, 0.15) is 13.3 Å². The van der Waals surface area contributed by atoms with Crippen LogP contribution in [0.25, 0.3) is 0 Å². The Morgan fingerprint density at radius 1 is 1.55 bits per heavy atom. The quantitative estimate of drug-likeness (QED) is 0.659. The fraction of sp³-hybridized carbons (Fsp3) is 0.545. The van der Waals surface area contributed by atoms with E-state index in [0.29, 0.717) is 6.61 Å². The van der Waals surface area contributed by atoms with Crippen molar-refractivity contribution in [2.75, 3.05) is 20.3 Å². The van der Waals surface area contributed by atoms with Gasteiger partial charge in [0, 0.05) is 32.9 Å². The molecule has 0 spiro atoms. The number of hydrogen-bond donors (Lipinski definition) is 3. The lowest BCUT2D eigenvalue weighted by Gasteiger charge is -2.23. The van der Waals surface area contributed by atoms with E-state index in [9.17, 15) is 18.3 Å². The minimum Gasteiger partial charge on any atom is -0.389 e. The maximum Gasteiger partial charge on any atom is 0.266 e. The second-order valence-electron chi connectivity index (χ2n) is 4.58. The Hall–Kier alpha value is -0.930.